The van der Waals surface area contributed by atoms with Crippen molar-refractivity contribution in [1.29, 1.82) is 0 Å². The van der Waals surface area contributed by atoms with Crippen LogP contribution in [0.15, 0.2) is 23.1 Å². The number of nitro groups is 1. The van der Waals surface area contributed by atoms with Crippen molar-refractivity contribution in [3.05, 3.63) is 28.3 Å². The van der Waals surface area contributed by atoms with Gasteiger partial charge in [0.15, 0.2) is 0 Å². The lowest BCUT2D eigenvalue weighted by Crippen LogP contribution is -2.49. The van der Waals surface area contributed by atoms with Crippen molar-refractivity contribution in [3.8, 4) is 5.75 Å². The van der Waals surface area contributed by atoms with E-state index in [2.05, 4.69) is 5.32 Å². The molecule has 0 atom stereocenters. The molecule has 146 valence electrons. The molecule has 0 spiro atoms. The van der Waals surface area contributed by atoms with Gasteiger partial charge in [0.2, 0.25) is 15.9 Å². The van der Waals surface area contributed by atoms with Crippen molar-refractivity contribution in [2.24, 2.45) is 0 Å². The molecule has 1 aromatic rings. The van der Waals surface area contributed by atoms with E-state index in [1.54, 1.807) is 4.90 Å². The lowest BCUT2D eigenvalue weighted by molar-refractivity contribution is -0.385. The van der Waals surface area contributed by atoms with E-state index in [4.69, 9.17) is 4.74 Å². The third kappa shape index (κ3) is 4.81. The van der Waals surface area contributed by atoms with Crippen molar-refractivity contribution in [1.82, 2.24) is 14.5 Å². The molecule has 0 aromatic heterocycles. The van der Waals surface area contributed by atoms with Gasteiger partial charge in [-0.15, -0.1) is 12.4 Å². The molecule has 0 saturated carbocycles. The fourth-order valence-corrected chi connectivity index (χ4v) is 3.73. The number of non-ortho nitro benzene ring substituents is 1. The van der Waals surface area contributed by atoms with Gasteiger partial charge in [-0.1, -0.05) is 0 Å². The lowest BCUT2D eigenvalue weighted by atomic mass is 10.3. The molecule has 1 fully saturated rings. The molecule has 0 radical (unpaired) electrons. The van der Waals surface area contributed by atoms with Crippen LogP contribution >= 0.6 is 12.4 Å². The highest BCUT2D eigenvalue weighted by atomic mass is 35.5. The maximum Gasteiger partial charge on any atom is 0.271 e. The Bertz CT molecular complexity index is 767. The number of amides is 1. The number of nitrogens with one attached hydrogen (secondary N) is 1. The molecular weight excluding hydrogens is 388 g/mol. The van der Waals surface area contributed by atoms with Gasteiger partial charge in [-0.05, 0) is 6.07 Å². The Morgan fingerprint density at radius 2 is 2.00 bits per heavy atom. The van der Waals surface area contributed by atoms with Crippen LogP contribution in [-0.4, -0.2) is 75.3 Å². The van der Waals surface area contributed by atoms with Crippen molar-refractivity contribution in [2.45, 2.75) is 4.90 Å². The normalized spacial score (nSPS) is 14.7. The number of carbonyl (C=O) groups is 1. The second-order valence-corrected chi connectivity index (χ2v) is 7.50. The Morgan fingerprint density at radius 1 is 1.38 bits per heavy atom. The number of ether oxygens (including phenoxy) is 1. The minimum atomic E-state index is -4.13. The Morgan fingerprint density at radius 3 is 2.54 bits per heavy atom. The number of rotatable bonds is 6. The number of carbonyl (C=O) groups excluding carboxylic acids is 1. The molecule has 1 saturated heterocycles. The molecule has 1 N–H and O–H groups in total. The van der Waals surface area contributed by atoms with Crippen molar-refractivity contribution in [2.75, 3.05) is 46.9 Å². The predicted octanol–water partition coefficient (Wildman–Crippen LogP) is 0.0775. The molecule has 1 amide bonds. The van der Waals surface area contributed by atoms with Gasteiger partial charge in [0, 0.05) is 45.4 Å². The van der Waals surface area contributed by atoms with Crippen molar-refractivity contribution < 1.29 is 22.9 Å². The molecule has 0 bridgehead atoms. The van der Waals surface area contributed by atoms with Gasteiger partial charge in [-0.3, -0.25) is 14.9 Å². The number of piperazine rings is 1. The molecule has 2 rings (SSSR count). The molecule has 0 aliphatic carbocycles. The quantitative estimate of drug-likeness (QED) is 0.522. The number of methoxy groups -OCH3 is 1. The zero-order valence-corrected chi connectivity index (χ0v) is 16.0. The van der Waals surface area contributed by atoms with E-state index in [1.807, 2.05) is 0 Å². The summed E-state index contributed by atoms with van der Waals surface area (Å²) in [6.45, 7) is 1.97. The molecule has 1 aromatic carbocycles. The van der Waals surface area contributed by atoms with Crippen LogP contribution in [-0.2, 0) is 14.8 Å². The number of benzene rings is 1. The number of nitro benzene ring substituents is 1. The molecule has 10 nitrogen and oxygen atoms in total. The number of halogens is 1. The highest BCUT2D eigenvalue weighted by Crippen LogP contribution is 2.30. The third-order valence-corrected chi connectivity index (χ3v) is 5.70. The average Bonchev–Trinajstić information content (AvgIpc) is 2.61. The number of nitrogens with zero attached hydrogens (tertiary/aromatic N) is 3. The molecule has 1 aliphatic heterocycles. The lowest BCUT2D eigenvalue weighted by Gasteiger charge is -2.29. The Kier molecular flexibility index (Phi) is 7.75. The second-order valence-electron chi connectivity index (χ2n) is 5.48. The van der Waals surface area contributed by atoms with Crippen LogP contribution in [0.25, 0.3) is 0 Å². The first-order chi connectivity index (χ1) is 11.8. The highest BCUT2D eigenvalue weighted by molar-refractivity contribution is 7.89. The van der Waals surface area contributed by atoms with E-state index in [0.717, 1.165) is 16.4 Å². The Labute approximate surface area is 157 Å². The summed E-state index contributed by atoms with van der Waals surface area (Å²) in [4.78, 5) is 23.7. The highest BCUT2D eigenvalue weighted by Gasteiger charge is 2.30. The first-order valence-corrected chi connectivity index (χ1v) is 8.98. The fraction of sp³-hybridized carbons (Fsp3) is 0.500. The van der Waals surface area contributed by atoms with Gasteiger partial charge < -0.3 is 15.0 Å². The van der Waals surface area contributed by atoms with Crippen LogP contribution in [0.5, 0.6) is 5.75 Å². The largest absolute Gasteiger partial charge is 0.495 e. The smallest absolute Gasteiger partial charge is 0.271 e. The molecule has 1 heterocycles. The van der Waals surface area contributed by atoms with Gasteiger partial charge in [0.1, 0.15) is 10.6 Å². The van der Waals surface area contributed by atoms with E-state index in [9.17, 15) is 23.3 Å². The Balaban J connectivity index is 0.00000338. The minimum absolute atomic E-state index is 0. The van der Waals surface area contributed by atoms with Crippen LogP contribution < -0.4 is 10.1 Å². The van der Waals surface area contributed by atoms with E-state index in [-0.39, 0.29) is 41.2 Å². The van der Waals surface area contributed by atoms with Crippen LogP contribution in [0.4, 0.5) is 5.69 Å². The molecule has 12 heteroatoms. The maximum atomic E-state index is 12.7. The number of sulfonamides is 1. The van der Waals surface area contributed by atoms with E-state index < -0.39 is 14.9 Å². The Hall–Kier alpha value is -1.95. The van der Waals surface area contributed by atoms with Gasteiger partial charge in [0.25, 0.3) is 5.69 Å². The van der Waals surface area contributed by atoms with Crippen LogP contribution in [0.1, 0.15) is 0 Å². The van der Waals surface area contributed by atoms with Gasteiger partial charge in [-0.2, -0.15) is 4.31 Å². The number of hydrogen-bond acceptors (Lipinski definition) is 7. The zero-order chi connectivity index (χ0) is 18.6. The SMILES string of the molecule is COc1ccc([N+](=O)[O-])cc1S(=O)(=O)N(C)CC(=O)N1CCNCC1.Cl. The maximum absolute atomic E-state index is 12.7. The topological polar surface area (TPSA) is 122 Å². The first kappa shape index (κ1) is 22.1. The van der Waals surface area contributed by atoms with Crippen LogP contribution in [0.3, 0.4) is 0 Å². The predicted molar refractivity (Wildman–Crippen MR) is 96.2 cm³/mol. The number of hydrogen-bond donors (Lipinski definition) is 1. The first-order valence-electron chi connectivity index (χ1n) is 7.54. The van der Waals surface area contributed by atoms with Gasteiger partial charge >= 0.3 is 0 Å². The zero-order valence-electron chi connectivity index (χ0n) is 14.4. The third-order valence-electron chi connectivity index (χ3n) is 3.87. The minimum Gasteiger partial charge on any atom is -0.495 e. The molecular formula is C14H21ClN4O6S. The molecule has 0 unspecified atom stereocenters. The summed E-state index contributed by atoms with van der Waals surface area (Å²) >= 11 is 0. The van der Waals surface area contributed by atoms with Crippen LogP contribution in [0.2, 0.25) is 0 Å². The van der Waals surface area contributed by atoms with Crippen molar-refractivity contribution >= 4 is 34.0 Å². The summed E-state index contributed by atoms with van der Waals surface area (Å²) in [5.74, 6) is -0.343. The monoisotopic (exact) mass is 408 g/mol. The van der Waals surface area contributed by atoms with E-state index in [0.29, 0.717) is 26.2 Å². The van der Waals surface area contributed by atoms with Gasteiger partial charge in [-0.25, -0.2) is 8.42 Å². The van der Waals surface area contributed by atoms with E-state index >= 15 is 0 Å². The summed E-state index contributed by atoms with van der Waals surface area (Å²) in [5.41, 5.74) is -0.374. The van der Waals surface area contributed by atoms with Crippen molar-refractivity contribution in [3.63, 3.8) is 0 Å². The summed E-state index contributed by atoms with van der Waals surface area (Å²) in [5, 5.41) is 14.0. The molecule has 1 aliphatic rings. The standard InChI is InChI=1S/C14H20N4O6S.ClH/c1-16(10-14(19)17-7-5-15-6-8-17)25(22,23)13-9-11(18(20)21)3-4-12(13)24-2;/h3-4,9,15H,5-8,10H2,1-2H3;1H. The number of likely N-dealkylation sites (N-methyl/N-ethyl adjacent to an activating group) is 1. The summed E-state index contributed by atoms with van der Waals surface area (Å²) in [7, 11) is -1.60. The fourth-order valence-electron chi connectivity index (χ4n) is 2.44. The summed E-state index contributed by atoms with van der Waals surface area (Å²) in [6, 6.07) is 3.31. The van der Waals surface area contributed by atoms with Gasteiger partial charge in [0.05, 0.1) is 18.6 Å². The summed E-state index contributed by atoms with van der Waals surface area (Å²) in [6.07, 6.45) is 0. The molecule has 26 heavy (non-hydrogen) atoms. The van der Waals surface area contributed by atoms with E-state index in [1.165, 1.54) is 20.2 Å². The average molecular weight is 409 g/mol. The second kappa shape index (κ2) is 9.12. The summed E-state index contributed by atoms with van der Waals surface area (Å²) < 4.78 is 31.4. The van der Waals surface area contributed by atoms with Crippen LogP contribution in [0, 0.1) is 10.1 Å².